The van der Waals surface area contributed by atoms with Crippen LogP contribution in [0.25, 0.3) is 0 Å². The highest BCUT2D eigenvalue weighted by molar-refractivity contribution is 5.18. The van der Waals surface area contributed by atoms with Crippen LogP contribution in [0.3, 0.4) is 0 Å². The van der Waals surface area contributed by atoms with Crippen LogP contribution in [0.1, 0.15) is 12.0 Å². The molecule has 3 atom stereocenters. The van der Waals surface area contributed by atoms with E-state index in [2.05, 4.69) is 35.6 Å². The van der Waals surface area contributed by atoms with Crippen molar-refractivity contribution in [3.63, 3.8) is 0 Å². The van der Waals surface area contributed by atoms with Crippen molar-refractivity contribution in [3.05, 3.63) is 35.9 Å². The van der Waals surface area contributed by atoms with Crippen LogP contribution in [0.2, 0.25) is 0 Å². The summed E-state index contributed by atoms with van der Waals surface area (Å²) in [6.45, 7) is 1.27. The topological polar surface area (TPSA) is 12.0 Å². The third-order valence-electron chi connectivity index (χ3n) is 3.43. The largest absolute Gasteiger partial charge is 0.313 e. The monoisotopic (exact) mass is 173 g/mol. The van der Waals surface area contributed by atoms with E-state index in [9.17, 15) is 0 Å². The molecule has 1 heteroatoms. The summed E-state index contributed by atoms with van der Waals surface area (Å²) in [4.78, 5) is 0. The van der Waals surface area contributed by atoms with Gasteiger partial charge in [0, 0.05) is 6.04 Å². The Balaban J connectivity index is 1.69. The Kier molecular flexibility index (Phi) is 1.66. The lowest BCUT2D eigenvalue weighted by molar-refractivity contribution is 0.531. The number of nitrogens with one attached hydrogen (secondary N) is 1. The summed E-state index contributed by atoms with van der Waals surface area (Å²) in [7, 11) is 0. The van der Waals surface area contributed by atoms with Crippen molar-refractivity contribution in [2.24, 2.45) is 11.8 Å². The molecule has 0 bridgehead atoms. The van der Waals surface area contributed by atoms with Gasteiger partial charge in [0.2, 0.25) is 0 Å². The van der Waals surface area contributed by atoms with Gasteiger partial charge >= 0.3 is 0 Å². The van der Waals surface area contributed by atoms with Crippen molar-refractivity contribution >= 4 is 0 Å². The quantitative estimate of drug-likeness (QED) is 0.719. The number of fused-ring (bicyclic) bond motifs is 1. The fourth-order valence-electron chi connectivity index (χ4n) is 2.54. The van der Waals surface area contributed by atoms with Gasteiger partial charge in [0.25, 0.3) is 0 Å². The van der Waals surface area contributed by atoms with Crippen LogP contribution in [-0.2, 0) is 6.42 Å². The molecule has 1 N–H and O–H groups in total. The Morgan fingerprint density at radius 2 is 2.08 bits per heavy atom. The van der Waals surface area contributed by atoms with Crippen molar-refractivity contribution in [3.8, 4) is 0 Å². The van der Waals surface area contributed by atoms with E-state index in [4.69, 9.17) is 0 Å². The minimum Gasteiger partial charge on any atom is -0.313 e. The first kappa shape index (κ1) is 7.57. The molecular weight excluding hydrogens is 158 g/mol. The summed E-state index contributed by atoms with van der Waals surface area (Å²) in [5, 5.41) is 3.60. The highest BCUT2D eigenvalue weighted by Crippen LogP contribution is 2.45. The fourth-order valence-corrected chi connectivity index (χ4v) is 2.54. The highest BCUT2D eigenvalue weighted by atomic mass is 15.0. The van der Waals surface area contributed by atoms with E-state index in [1.165, 1.54) is 24.9 Å². The van der Waals surface area contributed by atoms with Gasteiger partial charge < -0.3 is 5.32 Å². The Hall–Kier alpha value is -0.820. The van der Waals surface area contributed by atoms with Crippen LogP contribution in [0.4, 0.5) is 0 Å². The van der Waals surface area contributed by atoms with E-state index in [0.29, 0.717) is 0 Å². The zero-order valence-corrected chi connectivity index (χ0v) is 7.74. The smallest absolute Gasteiger partial charge is 0.0139 e. The summed E-state index contributed by atoms with van der Waals surface area (Å²) >= 11 is 0. The van der Waals surface area contributed by atoms with Gasteiger partial charge in [-0.3, -0.25) is 0 Å². The van der Waals surface area contributed by atoms with Gasteiger partial charge in [-0.1, -0.05) is 30.3 Å². The summed E-state index contributed by atoms with van der Waals surface area (Å²) in [6, 6.07) is 11.6. The van der Waals surface area contributed by atoms with Gasteiger partial charge in [-0.05, 0) is 36.8 Å². The van der Waals surface area contributed by atoms with Crippen LogP contribution in [-0.4, -0.2) is 12.6 Å². The molecule has 0 radical (unpaired) electrons. The van der Waals surface area contributed by atoms with E-state index in [1.54, 1.807) is 0 Å². The van der Waals surface area contributed by atoms with E-state index in [-0.39, 0.29) is 0 Å². The molecule has 0 aromatic heterocycles. The molecule has 1 unspecified atom stereocenters. The Labute approximate surface area is 79.2 Å². The van der Waals surface area contributed by atoms with Crippen LogP contribution in [0.5, 0.6) is 0 Å². The van der Waals surface area contributed by atoms with E-state index in [0.717, 1.165) is 17.9 Å². The molecule has 3 rings (SSSR count). The lowest BCUT2D eigenvalue weighted by Gasteiger charge is -2.12. The average Bonchev–Trinajstić information content (AvgIpc) is 2.86. The van der Waals surface area contributed by atoms with Gasteiger partial charge in [0.15, 0.2) is 0 Å². The minimum atomic E-state index is 0.771. The predicted octanol–water partition coefficient (Wildman–Crippen LogP) is 1.84. The molecule has 1 aromatic rings. The molecular formula is C12H15N. The predicted molar refractivity (Wildman–Crippen MR) is 53.5 cm³/mol. The molecule has 1 saturated heterocycles. The lowest BCUT2D eigenvalue weighted by Crippen LogP contribution is -2.28. The zero-order valence-electron chi connectivity index (χ0n) is 7.74. The van der Waals surface area contributed by atoms with Crippen LogP contribution >= 0.6 is 0 Å². The minimum absolute atomic E-state index is 0.771. The Bertz CT molecular complexity index is 293. The lowest BCUT2D eigenvalue weighted by atomic mass is 10.0. The van der Waals surface area contributed by atoms with Crippen molar-refractivity contribution in [2.45, 2.75) is 18.9 Å². The summed E-state index contributed by atoms with van der Waals surface area (Å²) < 4.78 is 0. The first-order valence-corrected chi connectivity index (χ1v) is 5.21. The number of benzene rings is 1. The van der Waals surface area contributed by atoms with Gasteiger partial charge in [-0.25, -0.2) is 0 Å². The second kappa shape index (κ2) is 2.85. The number of hydrogen-bond acceptors (Lipinski definition) is 1. The van der Waals surface area contributed by atoms with E-state index in [1.807, 2.05) is 0 Å². The van der Waals surface area contributed by atoms with Crippen LogP contribution < -0.4 is 5.32 Å². The van der Waals surface area contributed by atoms with Crippen molar-refractivity contribution in [1.82, 2.24) is 5.32 Å². The Morgan fingerprint density at radius 1 is 1.23 bits per heavy atom. The second-order valence-corrected chi connectivity index (χ2v) is 4.36. The van der Waals surface area contributed by atoms with Gasteiger partial charge in [0.1, 0.15) is 0 Å². The summed E-state index contributed by atoms with van der Waals surface area (Å²) in [5.74, 6) is 2.02. The molecule has 1 heterocycles. The molecule has 1 aromatic carbocycles. The number of piperidine rings is 1. The molecule has 1 nitrogen and oxygen atoms in total. The van der Waals surface area contributed by atoms with Crippen LogP contribution in [0, 0.1) is 11.8 Å². The summed E-state index contributed by atoms with van der Waals surface area (Å²) in [5.41, 5.74) is 1.48. The first-order valence-electron chi connectivity index (χ1n) is 5.21. The second-order valence-electron chi connectivity index (χ2n) is 4.36. The maximum absolute atomic E-state index is 3.60. The number of rotatable bonds is 2. The third-order valence-corrected chi connectivity index (χ3v) is 3.43. The number of hydrogen-bond donors (Lipinski definition) is 1. The van der Waals surface area contributed by atoms with Crippen LogP contribution in [0.15, 0.2) is 30.3 Å². The maximum Gasteiger partial charge on any atom is 0.0139 e. The highest BCUT2D eigenvalue weighted by Gasteiger charge is 2.47. The van der Waals surface area contributed by atoms with Crippen molar-refractivity contribution in [2.75, 3.05) is 6.54 Å². The average molecular weight is 173 g/mol. The molecule has 68 valence electrons. The molecule has 2 fully saturated rings. The van der Waals surface area contributed by atoms with Gasteiger partial charge in [0.05, 0.1) is 0 Å². The maximum atomic E-state index is 3.60. The van der Waals surface area contributed by atoms with E-state index >= 15 is 0 Å². The standard InChI is InChI=1S/C12H15N/c1-2-4-9(5-3-1)6-12-11-7-10(11)8-13-12/h1-5,10-13H,6-8H2/t10-,11?,12+/m0/s1. The fraction of sp³-hybridized carbons (Fsp3) is 0.500. The van der Waals surface area contributed by atoms with Crippen molar-refractivity contribution in [1.29, 1.82) is 0 Å². The molecule has 0 amide bonds. The Morgan fingerprint density at radius 3 is 2.69 bits per heavy atom. The van der Waals surface area contributed by atoms with Gasteiger partial charge in [-0.15, -0.1) is 0 Å². The molecule has 2 aliphatic rings. The normalized spacial score (nSPS) is 35.8. The third kappa shape index (κ3) is 1.37. The SMILES string of the molecule is c1ccc(C[C@H]2NC[C@@H]3CC32)cc1. The molecule has 13 heavy (non-hydrogen) atoms. The zero-order chi connectivity index (χ0) is 8.67. The molecule has 1 aliphatic carbocycles. The van der Waals surface area contributed by atoms with Gasteiger partial charge in [-0.2, -0.15) is 0 Å². The molecule has 0 spiro atoms. The van der Waals surface area contributed by atoms with E-state index < -0.39 is 0 Å². The summed E-state index contributed by atoms with van der Waals surface area (Å²) in [6.07, 6.45) is 2.70. The van der Waals surface area contributed by atoms with Crippen molar-refractivity contribution < 1.29 is 0 Å². The first-order chi connectivity index (χ1) is 6.43. The molecule has 1 aliphatic heterocycles. The molecule has 1 saturated carbocycles.